The third kappa shape index (κ3) is 5.40. The van der Waals surface area contributed by atoms with E-state index < -0.39 is 15.2 Å². The second kappa shape index (κ2) is 9.01. The van der Waals surface area contributed by atoms with Crippen molar-refractivity contribution >= 4 is 25.8 Å². The molecule has 4 aromatic rings. The Morgan fingerprint density at radius 1 is 0.529 bits per heavy atom. The Balaban J connectivity index is 1.74. The first-order chi connectivity index (χ1) is 15.9. The third-order valence-corrected chi connectivity index (χ3v) is 7.18. The predicted octanol–water partition coefficient (Wildman–Crippen LogP) is 3.70. The molecule has 0 bridgehead atoms. The highest BCUT2D eigenvalue weighted by Gasteiger charge is 2.18. The smallest absolute Gasteiger partial charge is 0.321 e. The van der Waals surface area contributed by atoms with E-state index in [1.165, 1.54) is 24.3 Å². The lowest BCUT2D eigenvalue weighted by molar-refractivity contribution is 0.385. The van der Waals surface area contributed by atoms with Crippen molar-refractivity contribution in [1.82, 2.24) is 9.97 Å². The fourth-order valence-corrected chi connectivity index (χ4v) is 4.70. The monoisotopic (exact) mass is 496 g/mol. The number of aromatic nitrogens is 2. The minimum Gasteiger partial charge on any atom is -0.321 e. The lowest BCUT2D eigenvalue weighted by atomic mass is 10.0. The van der Waals surface area contributed by atoms with E-state index in [9.17, 15) is 28.7 Å². The van der Waals surface area contributed by atoms with E-state index in [1.807, 2.05) is 38.1 Å². The van der Waals surface area contributed by atoms with Crippen molar-refractivity contribution < 1.29 is 28.7 Å². The second-order valence-corrected chi connectivity index (χ2v) is 11.2. The number of hydrogen-bond acceptors (Lipinski definition) is 4. The Morgan fingerprint density at radius 2 is 0.853 bits per heavy atom. The summed E-state index contributed by atoms with van der Waals surface area (Å²) >= 11 is 0. The van der Waals surface area contributed by atoms with Gasteiger partial charge in [-0.25, -0.2) is 0 Å². The lowest BCUT2D eigenvalue weighted by Crippen LogP contribution is -2.03. The van der Waals surface area contributed by atoms with Crippen molar-refractivity contribution in [2.24, 2.45) is 0 Å². The van der Waals surface area contributed by atoms with Crippen molar-refractivity contribution in [3.05, 3.63) is 84.2 Å². The minimum absolute atomic E-state index is 0.0444. The molecule has 0 radical (unpaired) electrons. The number of benzene rings is 2. The minimum atomic E-state index is -4.32. The summed E-state index contributed by atoms with van der Waals surface area (Å²) < 4.78 is 22.9. The maximum Gasteiger partial charge on any atom is 0.356 e. The van der Waals surface area contributed by atoms with Gasteiger partial charge in [-0.1, -0.05) is 24.3 Å². The van der Waals surface area contributed by atoms with Gasteiger partial charge in [0, 0.05) is 11.4 Å². The molecule has 0 aliphatic carbocycles. The number of pyridine rings is 2. The van der Waals surface area contributed by atoms with Gasteiger partial charge in [-0.05, 0) is 84.6 Å². The van der Waals surface area contributed by atoms with E-state index in [-0.39, 0.29) is 10.6 Å². The van der Waals surface area contributed by atoms with E-state index in [0.717, 1.165) is 33.6 Å². The lowest BCUT2D eigenvalue weighted by Gasteiger charge is -2.11. The van der Waals surface area contributed by atoms with Crippen molar-refractivity contribution in [1.29, 1.82) is 0 Å². The van der Waals surface area contributed by atoms with Gasteiger partial charge in [0.2, 0.25) is 0 Å². The number of nitrogens with zero attached hydrogens (tertiary/aromatic N) is 2. The van der Waals surface area contributed by atoms with Crippen LogP contribution in [0.3, 0.4) is 0 Å². The normalized spacial score (nSPS) is 12.1. The van der Waals surface area contributed by atoms with Gasteiger partial charge in [0.05, 0.1) is 22.0 Å². The van der Waals surface area contributed by atoms with Crippen molar-refractivity contribution in [2.75, 3.05) is 0 Å². The molecule has 34 heavy (non-hydrogen) atoms. The summed E-state index contributed by atoms with van der Waals surface area (Å²) in [5.41, 5.74) is 5.99. The summed E-state index contributed by atoms with van der Waals surface area (Å²) in [6, 6.07) is 19.8. The van der Waals surface area contributed by atoms with E-state index in [4.69, 9.17) is 0 Å². The van der Waals surface area contributed by atoms with Gasteiger partial charge in [-0.15, -0.1) is 0 Å². The summed E-state index contributed by atoms with van der Waals surface area (Å²) in [5.74, 6) is 0. The summed E-state index contributed by atoms with van der Waals surface area (Å²) in [5, 5.41) is -0.0889. The van der Waals surface area contributed by atoms with Crippen LogP contribution in [0.15, 0.2) is 72.8 Å². The zero-order valence-corrected chi connectivity index (χ0v) is 20.1. The van der Waals surface area contributed by atoms with E-state index >= 15 is 0 Å². The van der Waals surface area contributed by atoms with Crippen molar-refractivity contribution in [3.63, 3.8) is 0 Å². The molecular weight excluding hydrogens is 474 g/mol. The Bertz CT molecular complexity index is 1350. The average molecular weight is 496 g/mol. The van der Waals surface area contributed by atoms with Crippen LogP contribution in [0.1, 0.15) is 11.4 Å². The quantitative estimate of drug-likeness (QED) is 0.307. The molecule has 0 spiro atoms. The molecule has 0 saturated carbocycles. The van der Waals surface area contributed by atoms with Gasteiger partial charge in [-0.2, -0.15) is 0 Å². The average Bonchev–Trinajstić information content (AvgIpc) is 2.77. The molecule has 4 rings (SSSR count). The topological polar surface area (TPSA) is 141 Å². The van der Waals surface area contributed by atoms with Crippen LogP contribution in [-0.2, 0) is 9.13 Å². The Morgan fingerprint density at radius 3 is 1.15 bits per heavy atom. The van der Waals surface area contributed by atoms with E-state index in [2.05, 4.69) is 9.97 Å². The molecule has 10 heteroatoms. The molecule has 4 N–H and O–H groups in total. The molecule has 2 heterocycles. The largest absolute Gasteiger partial charge is 0.356 e. The summed E-state index contributed by atoms with van der Waals surface area (Å²) in [6.45, 7) is 3.71. The van der Waals surface area contributed by atoms with Crippen LogP contribution in [-0.4, -0.2) is 29.5 Å². The van der Waals surface area contributed by atoms with Crippen LogP contribution in [0, 0.1) is 13.8 Å². The molecule has 0 fully saturated rings. The SMILES string of the molecule is Cc1cc(-c2ccc(P(=O)(O)O)cc2)cc(-c2cc(-c3ccc(P(=O)(O)O)cc3)cc(C)n2)n1. The molecular formula is C24H22N2O6P2. The summed E-state index contributed by atoms with van der Waals surface area (Å²) in [4.78, 5) is 46.6. The van der Waals surface area contributed by atoms with Crippen LogP contribution in [0.2, 0.25) is 0 Å². The van der Waals surface area contributed by atoms with Crippen LogP contribution in [0.4, 0.5) is 0 Å². The zero-order valence-electron chi connectivity index (χ0n) is 18.3. The standard InChI is InChI=1S/C24H22N2O6P2/c1-15-11-19(17-3-7-21(8-4-17)33(27,28)29)13-23(25-15)24-14-20(12-16(2)26-24)18-5-9-22(10-6-18)34(30,31)32/h3-14H,1-2H3,(H2,27,28,29)(H2,30,31,32). The maximum atomic E-state index is 11.5. The Hall–Kier alpha value is -2.96. The van der Waals surface area contributed by atoms with Gasteiger partial charge in [-0.3, -0.25) is 19.1 Å². The molecule has 174 valence electrons. The molecule has 0 unspecified atom stereocenters. The van der Waals surface area contributed by atoms with Gasteiger partial charge >= 0.3 is 15.2 Å². The first kappa shape index (κ1) is 24.2. The fraction of sp³-hybridized carbons (Fsp3) is 0.0833. The Kier molecular flexibility index (Phi) is 6.40. The number of aryl methyl sites for hydroxylation is 2. The number of rotatable bonds is 5. The number of hydrogen-bond donors (Lipinski definition) is 4. The second-order valence-electron chi connectivity index (χ2n) is 7.95. The van der Waals surface area contributed by atoms with Crippen LogP contribution in [0.25, 0.3) is 33.6 Å². The molecule has 8 nitrogen and oxygen atoms in total. The molecule has 2 aromatic heterocycles. The first-order valence-corrected chi connectivity index (χ1v) is 13.4. The van der Waals surface area contributed by atoms with E-state index in [0.29, 0.717) is 11.4 Å². The van der Waals surface area contributed by atoms with Gasteiger partial charge in [0.15, 0.2) is 0 Å². The highest BCUT2D eigenvalue weighted by atomic mass is 31.2. The van der Waals surface area contributed by atoms with Crippen molar-refractivity contribution in [2.45, 2.75) is 13.8 Å². The molecule has 0 atom stereocenters. The first-order valence-electron chi connectivity index (χ1n) is 10.2. The predicted molar refractivity (Wildman–Crippen MR) is 131 cm³/mol. The highest BCUT2D eigenvalue weighted by Crippen LogP contribution is 2.35. The fourth-order valence-electron chi connectivity index (χ4n) is 3.63. The van der Waals surface area contributed by atoms with Gasteiger partial charge in [0.1, 0.15) is 0 Å². The molecule has 2 aromatic carbocycles. The molecule has 0 amide bonds. The zero-order chi connectivity index (χ0) is 24.7. The highest BCUT2D eigenvalue weighted by molar-refractivity contribution is 7.60. The van der Waals surface area contributed by atoms with Crippen LogP contribution < -0.4 is 10.6 Å². The molecule has 0 aliphatic rings. The molecule has 0 aliphatic heterocycles. The molecule has 0 saturated heterocycles. The Labute approximate surface area is 196 Å². The van der Waals surface area contributed by atoms with Gasteiger partial charge in [0.25, 0.3) is 0 Å². The van der Waals surface area contributed by atoms with Crippen LogP contribution >= 0.6 is 15.2 Å². The summed E-state index contributed by atoms with van der Waals surface area (Å²) in [7, 11) is -8.63. The summed E-state index contributed by atoms with van der Waals surface area (Å²) in [6.07, 6.45) is 0. The van der Waals surface area contributed by atoms with E-state index in [1.54, 1.807) is 24.3 Å². The van der Waals surface area contributed by atoms with Gasteiger partial charge < -0.3 is 19.6 Å². The third-order valence-electron chi connectivity index (χ3n) is 5.24. The maximum absolute atomic E-state index is 11.5. The van der Waals surface area contributed by atoms with Crippen molar-refractivity contribution in [3.8, 4) is 33.6 Å². The van der Waals surface area contributed by atoms with Crippen LogP contribution in [0.5, 0.6) is 0 Å².